The third kappa shape index (κ3) is 3.26. The average molecular weight is 296 g/mol. The van der Waals surface area contributed by atoms with Crippen molar-refractivity contribution in [3.8, 4) is 11.1 Å². The van der Waals surface area contributed by atoms with Crippen molar-refractivity contribution in [2.45, 2.75) is 18.9 Å². The number of pyridine rings is 1. The molecule has 1 unspecified atom stereocenters. The highest BCUT2D eigenvalue weighted by Crippen LogP contribution is 2.24. The average Bonchev–Trinajstić information content (AvgIpc) is 2.57. The summed E-state index contributed by atoms with van der Waals surface area (Å²) >= 11 is 0. The van der Waals surface area contributed by atoms with E-state index in [4.69, 9.17) is 5.73 Å². The van der Waals surface area contributed by atoms with Gasteiger partial charge in [0.1, 0.15) is 5.82 Å². The Bertz CT molecular complexity index is 651. The zero-order chi connectivity index (χ0) is 15.4. The molecule has 1 aliphatic heterocycles. The maximum Gasteiger partial charge on any atom is 0.253 e. The van der Waals surface area contributed by atoms with E-state index < -0.39 is 0 Å². The van der Waals surface area contributed by atoms with E-state index in [-0.39, 0.29) is 11.9 Å². The third-order valence-electron chi connectivity index (χ3n) is 3.90. The van der Waals surface area contributed by atoms with Crippen molar-refractivity contribution in [3.05, 3.63) is 48.2 Å². The van der Waals surface area contributed by atoms with Gasteiger partial charge in [-0.1, -0.05) is 30.3 Å². The molecule has 22 heavy (non-hydrogen) atoms. The lowest BCUT2D eigenvalue weighted by Gasteiger charge is -2.23. The number of nitrogens with one attached hydrogen (secondary N) is 2. The highest BCUT2D eigenvalue weighted by atomic mass is 16.1. The molecule has 1 fully saturated rings. The second-order valence-corrected chi connectivity index (χ2v) is 5.54. The summed E-state index contributed by atoms with van der Waals surface area (Å²) in [7, 11) is 0. The van der Waals surface area contributed by atoms with E-state index in [1.165, 1.54) is 6.20 Å². The number of hydrogen-bond acceptors (Lipinski definition) is 4. The van der Waals surface area contributed by atoms with Crippen LogP contribution in [0, 0.1) is 0 Å². The van der Waals surface area contributed by atoms with Gasteiger partial charge in [0.15, 0.2) is 0 Å². The summed E-state index contributed by atoms with van der Waals surface area (Å²) in [6.45, 7) is 1.84. The Morgan fingerprint density at radius 2 is 2.14 bits per heavy atom. The molecule has 0 radical (unpaired) electrons. The van der Waals surface area contributed by atoms with Gasteiger partial charge in [-0.05, 0) is 31.0 Å². The Balaban J connectivity index is 1.81. The van der Waals surface area contributed by atoms with Crippen LogP contribution in [0.1, 0.15) is 23.2 Å². The minimum Gasteiger partial charge on any atom is -0.383 e. The maximum atomic E-state index is 12.4. The molecule has 0 aliphatic carbocycles. The first-order valence-corrected chi connectivity index (χ1v) is 7.56. The minimum absolute atomic E-state index is 0.0987. The van der Waals surface area contributed by atoms with Crippen molar-refractivity contribution in [3.63, 3.8) is 0 Å². The van der Waals surface area contributed by atoms with E-state index in [2.05, 4.69) is 15.6 Å². The van der Waals surface area contributed by atoms with Crippen LogP contribution in [0.15, 0.2) is 42.6 Å². The van der Waals surface area contributed by atoms with Gasteiger partial charge < -0.3 is 16.4 Å². The van der Waals surface area contributed by atoms with Crippen LogP contribution in [-0.2, 0) is 0 Å². The largest absolute Gasteiger partial charge is 0.383 e. The van der Waals surface area contributed by atoms with E-state index in [0.717, 1.165) is 37.1 Å². The molecule has 1 atom stereocenters. The van der Waals surface area contributed by atoms with Crippen LogP contribution in [0.4, 0.5) is 5.82 Å². The minimum atomic E-state index is -0.0987. The van der Waals surface area contributed by atoms with Crippen LogP contribution in [0.5, 0.6) is 0 Å². The second-order valence-electron chi connectivity index (χ2n) is 5.54. The standard InChI is InChI=1S/C17H20N4O/c18-16-15(12-5-2-1-3-6-12)9-13(10-20-16)17(22)21-14-7-4-8-19-11-14/h1-3,5-6,9-10,14,19H,4,7-8,11H2,(H2,18,20)(H,21,22). The molecule has 4 N–H and O–H groups in total. The van der Waals surface area contributed by atoms with E-state index in [9.17, 15) is 4.79 Å². The van der Waals surface area contributed by atoms with Gasteiger partial charge in [-0.2, -0.15) is 0 Å². The highest BCUT2D eigenvalue weighted by molar-refractivity contribution is 5.96. The Kier molecular flexibility index (Phi) is 4.34. The summed E-state index contributed by atoms with van der Waals surface area (Å²) in [5.41, 5.74) is 8.24. The summed E-state index contributed by atoms with van der Waals surface area (Å²) in [5, 5.41) is 6.34. The number of piperidine rings is 1. The number of hydrogen-bond donors (Lipinski definition) is 3. The highest BCUT2D eigenvalue weighted by Gasteiger charge is 2.17. The van der Waals surface area contributed by atoms with Crippen LogP contribution < -0.4 is 16.4 Å². The Labute approximate surface area is 129 Å². The molecular weight excluding hydrogens is 276 g/mol. The molecule has 2 aromatic rings. The first-order valence-electron chi connectivity index (χ1n) is 7.56. The summed E-state index contributed by atoms with van der Waals surface area (Å²) < 4.78 is 0. The summed E-state index contributed by atoms with van der Waals surface area (Å²) in [6, 6.07) is 11.7. The predicted octanol–water partition coefficient (Wildman–Crippen LogP) is 1.81. The van der Waals surface area contributed by atoms with Crippen molar-refractivity contribution in [2.75, 3.05) is 18.8 Å². The summed E-state index contributed by atoms with van der Waals surface area (Å²) in [6.07, 6.45) is 3.63. The fourth-order valence-corrected chi connectivity index (χ4v) is 2.69. The van der Waals surface area contributed by atoms with Gasteiger partial charge >= 0.3 is 0 Å². The monoisotopic (exact) mass is 296 g/mol. The SMILES string of the molecule is Nc1ncc(C(=O)NC2CCCNC2)cc1-c1ccccc1. The number of carbonyl (C=O) groups excluding carboxylic acids is 1. The zero-order valence-corrected chi connectivity index (χ0v) is 12.4. The van der Waals surface area contributed by atoms with Crippen LogP contribution in [0.25, 0.3) is 11.1 Å². The smallest absolute Gasteiger partial charge is 0.253 e. The van der Waals surface area contributed by atoms with Gasteiger partial charge in [-0.15, -0.1) is 0 Å². The van der Waals surface area contributed by atoms with Gasteiger partial charge in [0.2, 0.25) is 0 Å². The summed E-state index contributed by atoms with van der Waals surface area (Å²) in [5.74, 6) is 0.334. The molecule has 114 valence electrons. The van der Waals surface area contributed by atoms with Crippen LogP contribution in [0.3, 0.4) is 0 Å². The maximum absolute atomic E-state index is 12.4. The normalized spacial score (nSPS) is 17.9. The zero-order valence-electron chi connectivity index (χ0n) is 12.4. The van der Waals surface area contributed by atoms with Gasteiger partial charge in [0.05, 0.1) is 5.56 Å². The third-order valence-corrected chi connectivity index (χ3v) is 3.90. The van der Waals surface area contributed by atoms with Crippen molar-refractivity contribution in [2.24, 2.45) is 0 Å². The number of nitrogens with zero attached hydrogens (tertiary/aromatic N) is 1. The molecule has 1 aliphatic rings. The molecule has 0 spiro atoms. The molecule has 5 heteroatoms. The fraction of sp³-hybridized carbons (Fsp3) is 0.294. The lowest BCUT2D eigenvalue weighted by molar-refractivity contribution is 0.0930. The van der Waals surface area contributed by atoms with Crippen LogP contribution in [0.2, 0.25) is 0 Å². The Morgan fingerprint density at radius 1 is 1.32 bits per heavy atom. The molecule has 1 amide bonds. The first kappa shape index (κ1) is 14.5. The number of amides is 1. The molecule has 2 heterocycles. The molecule has 1 aromatic heterocycles. The van der Waals surface area contributed by atoms with Crippen molar-refractivity contribution >= 4 is 11.7 Å². The number of rotatable bonds is 3. The number of nitrogens with two attached hydrogens (primary N) is 1. The van der Waals surface area contributed by atoms with Crippen LogP contribution >= 0.6 is 0 Å². The topological polar surface area (TPSA) is 80.0 Å². The van der Waals surface area contributed by atoms with Gasteiger partial charge in [0, 0.05) is 24.3 Å². The Morgan fingerprint density at radius 3 is 2.86 bits per heavy atom. The van der Waals surface area contributed by atoms with Crippen molar-refractivity contribution in [1.29, 1.82) is 0 Å². The van der Waals surface area contributed by atoms with Crippen molar-refractivity contribution in [1.82, 2.24) is 15.6 Å². The van der Waals surface area contributed by atoms with Gasteiger partial charge in [-0.25, -0.2) is 4.98 Å². The summed E-state index contributed by atoms with van der Waals surface area (Å²) in [4.78, 5) is 16.6. The molecule has 0 saturated carbocycles. The van der Waals surface area contributed by atoms with Gasteiger partial charge in [0.25, 0.3) is 5.91 Å². The molecule has 3 rings (SSSR count). The van der Waals surface area contributed by atoms with E-state index in [0.29, 0.717) is 11.4 Å². The number of nitrogen functional groups attached to an aromatic ring is 1. The number of aromatic nitrogens is 1. The number of benzene rings is 1. The molecular formula is C17H20N4O. The second kappa shape index (κ2) is 6.58. The van der Waals surface area contributed by atoms with Gasteiger partial charge in [-0.3, -0.25) is 4.79 Å². The molecule has 5 nitrogen and oxygen atoms in total. The predicted molar refractivity (Wildman–Crippen MR) is 87.4 cm³/mol. The lowest BCUT2D eigenvalue weighted by Crippen LogP contribution is -2.45. The van der Waals surface area contributed by atoms with E-state index >= 15 is 0 Å². The van der Waals surface area contributed by atoms with Crippen molar-refractivity contribution < 1.29 is 4.79 Å². The van der Waals surface area contributed by atoms with E-state index in [1.54, 1.807) is 0 Å². The molecule has 1 saturated heterocycles. The quantitative estimate of drug-likeness (QED) is 0.807. The van der Waals surface area contributed by atoms with Crippen LogP contribution in [-0.4, -0.2) is 30.0 Å². The van der Waals surface area contributed by atoms with E-state index in [1.807, 2.05) is 36.4 Å². The first-order chi connectivity index (χ1) is 10.7. The number of carbonyl (C=O) groups is 1. The number of anilines is 1. The lowest BCUT2D eigenvalue weighted by atomic mass is 10.0. The molecule has 1 aromatic carbocycles. The Hall–Kier alpha value is -2.40. The molecule has 0 bridgehead atoms. The fourth-order valence-electron chi connectivity index (χ4n) is 2.69.